The summed E-state index contributed by atoms with van der Waals surface area (Å²) in [4.78, 5) is 0. The molecule has 1 aromatic heterocycles. The zero-order valence-electron chi connectivity index (χ0n) is 8.06. The maximum atomic E-state index is 8.67. The Morgan fingerprint density at radius 1 is 1.69 bits per heavy atom. The van der Waals surface area contributed by atoms with Crippen LogP contribution in [-0.4, -0.2) is 32.7 Å². The fourth-order valence-corrected chi connectivity index (χ4v) is 1.05. The van der Waals surface area contributed by atoms with Crippen molar-refractivity contribution in [3.8, 4) is 0 Å². The largest absolute Gasteiger partial charge is 0.396 e. The van der Waals surface area contributed by atoms with Crippen LogP contribution >= 0.6 is 0 Å². The number of aryl methyl sites for hydroxylation is 1. The van der Waals surface area contributed by atoms with Gasteiger partial charge in [0.2, 0.25) is 0 Å². The number of aliphatic hydroxyl groups excluding tert-OH is 1. The van der Waals surface area contributed by atoms with Gasteiger partial charge in [0.05, 0.1) is 5.69 Å². The summed E-state index contributed by atoms with van der Waals surface area (Å²) in [6.07, 6.45) is 2.64. The molecule has 0 fully saturated rings. The summed E-state index contributed by atoms with van der Waals surface area (Å²) in [5, 5.41) is 19.7. The zero-order valence-corrected chi connectivity index (χ0v) is 8.06. The van der Waals surface area contributed by atoms with Gasteiger partial charge in [-0.25, -0.2) is 0 Å². The smallest absolute Gasteiger partial charge is 0.0964 e. The highest BCUT2D eigenvalue weighted by Gasteiger charge is 2.02. The molecule has 0 amide bonds. The predicted molar refractivity (Wildman–Crippen MR) is 49.0 cm³/mol. The van der Waals surface area contributed by atoms with Crippen LogP contribution in [0.2, 0.25) is 0 Å². The summed E-state index contributed by atoms with van der Waals surface area (Å²) >= 11 is 0. The molecule has 1 aromatic rings. The number of nitrogens with one attached hydrogen (secondary N) is 1. The van der Waals surface area contributed by atoms with E-state index < -0.39 is 0 Å². The van der Waals surface area contributed by atoms with E-state index in [-0.39, 0.29) is 6.61 Å². The molecule has 2 N–H and O–H groups in total. The lowest BCUT2D eigenvalue weighted by atomic mass is 10.2. The molecular weight excluding hydrogens is 168 g/mol. The predicted octanol–water partition coefficient (Wildman–Crippen LogP) is -0.324. The van der Waals surface area contributed by atoms with Gasteiger partial charge in [0.1, 0.15) is 0 Å². The molecule has 0 saturated heterocycles. The second-order valence-electron chi connectivity index (χ2n) is 3.18. The highest BCUT2D eigenvalue weighted by Crippen LogP contribution is 1.94. The van der Waals surface area contributed by atoms with E-state index in [1.54, 1.807) is 4.68 Å². The lowest BCUT2D eigenvalue weighted by molar-refractivity contribution is 0.268. The Kier molecular flexibility index (Phi) is 3.85. The van der Waals surface area contributed by atoms with Gasteiger partial charge in [-0.3, -0.25) is 4.68 Å². The number of hydrogen-bond donors (Lipinski definition) is 2. The van der Waals surface area contributed by atoms with Crippen molar-refractivity contribution in [2.24, 2.45) is 7.05 Å². The van der Waals surface area contributed by atoms with Gasteiger partial charge in [0, 0.05) is 32.4 Å². The molecule has 0 aliphatic rings. The number of rotatable bonds is 5. The molecule has 0 saturated carbocycles. The average Bonchev–Trinajstić information content (AvgIpc) is 2.49. The summed E-state index contributed by atoms with van der Waals surface area (Å²) in [6, 6.07) is 0.312. The van der Waals surface area contributed by atoms with Crippen LogP contribution in [-0.2, 0) is 13.6 Å². The number of hydrogen-bond acceptors (Lipinski definition) is 4. The van der Waals surface area contributed by atoms with E-state index in [9.17, 15) is 0 Å². The van der Waals surface area contributed by atoms with Gasteiger partial charge in [-0.05, 0) is 13.3 Å². The third-order valence-electron chi connectivity index (χ3n) is 1.84. The third kappa shape index (κ3) is 3.52. The summed E-state index contributed by atoms with van der Waals surface area (Å²) in [6.45, 7) is 2.95. The minimum Gasteiger partial charge on any atom is -0.396 e. The highest BCUT2D eigenvalue weighted by molar-refractivity contribution is 4.91. The zero-order chi connectivity index (χ0) is 9.68. The van der Waals surface area contributed by atoms with Crippen LogP contribution in [0.25, 0.3) is 0 Å². The van der Waals surface area contributed by atoms with Gasteiger partial charge >= 0.3 is 0 Å². The molecule has 1 rings (SSSR count). The monoisotopic (exact) mass is 184 g/mol. The number of aromatic nitrogens is 3. The Hall–Kier alpha value is -0.940. The first-order valence-electron chi connectivity index (χ1n) is 4.42. The normalized spacial score (nSPS) is 13.2. The van der Waals surface area contributed by atoms with Crippen molar-refractivity contribution in [1.29, 1.82) is 0 Å². The lowest BCUT2D eigenvalue weighted by Crippen LogP contribution is -2.26. The molecule has 0 aromatic carbocycles. The van der Waals surface area contributed by atoms with Crippen LogP contribution in [0.4, 0.5) is 0 Å². The Labute approximate surface area is 77.8 Å². The summed E-state index contributed by atoms with van der Waals surface area (Å²) in [5.74, 6) is 0. The Morgan fingerprint density at radius 3 is 3.00 bits per heavy atom. The van der Waals surface area contributed by atoms with Gasteiger partial charge < -0.3 is 10.4 Å². The van der Waals surface area contributed by atoms with Crippen molar-refractivity contribution in [3.63, 3.8) is 0 Å². The second kappa shape index (κ2) is 4.94. The summed E-state index contributed by atoms with van der Waals surface area (Å²) in [5.41, 5.74) is 0.923. The average molecular weight is 184 g/mol. The molecule has 5 nitrogen and oxygen atoms in total. The van der Waals surface area contributed by atoms with Crippen molar-refractivity contribution in [2.45, 2.75) is 25.9 Å². The van der Waals surface area contributed by atoms with Gasteiger partial charge in [-0.1, -0.05) is 5.21 Å². The van der Waals surface area contributed by atoms with Gasteiger partial charge in [0.15, 0.2) is 0 Å². The quantitative estimate of drug-likeness (QED) is 0.658. The summed E-state index contributed by atoms with van der Waals surface area (Å²) < 4.78 is 1.67. The molecule has 13 heavy (non-hydrogen) atoms. The van der Waals surface area contributed by atoms with Crippen LogP contribution in [0.1, 0.15) is 19.0 Å². The van der Waals surface area contributed by atoms with Crippen molar-refractivity contribution in [2.75, 3.05) is 6.61 Å². The maximum Gasteiger partial charge on any atom is 0.0964 e. The van der Waals surface area contributed by atoms with Gasteiger partial charge in [-0.2, -0.15) is 0 Å². The van der Waals surface area contributed by atoms with E-state index in [0.717, 1.165) is 12.1 Å². The maximum absolute atomic E-state index is 8.67. The molecule has 0 aliphatic carbocycles. The van der Waals surface area contributed by atoms with Crippen molar-refractivity contribution in [3.05, 3.63) is 11.9 Å². The first-order chi connectivity index (χ1) is 6.22. The highest BCUT2D eigenvalue weighted by atomic mass is 16.3. The molecule has 0 radical (unpaired) electrons. The molecule has 1 heterocycles. The fourth-order valence-electron chi connectivity index (χ4n) is 1.05. The van der Waals surface area contributed by atoms with E-state index >= 15 is 0 Å². The lowest BCUT2D eigenvalue weighted by Gasteiger charge is -2.09. The molecule has 74 valence electrons. The van der Waals surface area contributed by atoms with Gasteiger partial charge in [-0.15, -0.1) is 5.10 Å². The molecule has 0 aliphatic heterocycles. The second-order valence-corrected chi connectivity index (χ2v) is 3.18. The van der Waals surface area contributed by atoms with Crippen LogP contribution in [0, 0.1) is 0 Å². The minimum atomic E-state index is 0.217. The summed E-state index contributed by atoms with van der Waals surface area (Å²) in [7, 11) is 1.84. The Balaban J connectivity index is 2.26. The molecule has 0 bridgehead atoms. The first kappa shape index (κ1) is 10.1. The standard InChI is InChI=1S/C8H16N4O/c1-7(3-4-13)9-5-8-6-12(2)11-10-8/h6-7,9,13H,3-5H2,1-2H3. The van der Waals surface area contributed by atoms with E-state index in [2.05, 4.69) is 15.6 Å². The fraction of sp³-hybridized carbons (Fsp3) is 0.750. The number of nitrogens with zero attached hydrogens (tertiary/aromatic N) is 3. The topological polar surface area (TPSA) is 63.0 Å². The number of aliphatic hydroxyl groups is 1. The minimum absolute atomic E-state index is 0.217. The van der Waals surface area contributed by atoms with Gasteiger partial charge in [0.25, 0.3) is 0 Å². The van der Waals surface area contributed by atoms with Crippen molar-refractivity contribution < 1.29 is 5.11 Å². The molecular formula is C8H16N4O. The van der Waals surface area contributed by atoms with Crippen molar-refractivity contribution >= 4 is 0 Å². The Bertz CT molecular complexity index is 248. The van der Waals surface area contributed by atoms with E-state index in [0.29, 0.717) is 12.6 Å². The SMILES string of the molecule is CC(CCO)NCc1cn(C)nn1. The van der Waals surface area contributed by atoms with E-state index in [1.807, 2.05) is 20.2 Å². The van der Waals surface area contributed by atoms with Crippen LogP contribution < -0.4 is 5.32 Å². The first-order valence-corrected chi connectivity index (χ1v) is 4.42. The van der Waals surface area contributed by atoms with Crippen LogP contribution in [0.15, 0.2) is 6.20 Å². The Morgan fingerprint density at radius 2 is 2.46 bits per heavy atom. The molecule has 0 spiro atoms. The third-order valence-corrected chi connectivity index (χ3v) is 1.84. The molecule has 1 unspecified atom stereocenters. The molecule has 1 atom stereocenters. The van der Waals surface area contributed by atoms with E-state index in [1.165, 1.54) is 0 Å². The van der Waals surface area contributed by atoms with Crippen molar-refractivity contribution in [1.82, 2.24) is 20.3 Å². The van der Waals surface area contributed by atoms with E-state index in [4.69, 9.17) is 5.11 Å². The van der Waals surface area contributed by atoms with Crippen LogP contribution in [0.3, 0.4) is 0 Å². The molecule has 5 heteroatoms. The van der Waals surface area contributed by atoms with Crippen LogP contribution in [0.5, 0.6) is 0 Å².